The van der Waals surface area contributed by atoms with Crippen molar-refractivity contribution < 1.29 is 9.52 Å². The molecule has 0 unspecified atom stereocenters. The second kappa shape index (κ2) is 4.90. The van der Waals surface area contributed by atoms with E-state index in [-0.39, 0.29) is 6.61 Å². The number of aromatic nitrogens is 2. The fourth-order valence-corrected chi connectivity index (χ4v) is 2.30. The molecule has 98 valence electrons. The van der Waals surface area contributed by atoms with Crippen LogP contribution < -0.4 is 0 Å². The molecule has 4 heteroatoms. The lowest BCUT2D eigenvalue weighted by Crippen LogP contribution is -1.93. The van der Waals surface area contributed by atoms with Crippen LogP contribution in [0.4, 0.5) is 0 Å². The van der Waals surface area contributed by atoms with Gasteiger partial charge >= 0.3 is 0 Å². The molecule has 0 saturated heterocycles. The molecule has 3 aromatic rings. The first-order valence-electron chi connectivity index (χ1n) is 6.39. The van der Waals surface area contributed by atoms with Gasteiger partial charge < -0.3 is 14.1 Å². The van der Waals surface area contributed by atoms with E-state index in [1.807, 2.05) is 29.8 Å². The molecule has 2 heterocycles. The molecule has 0 spiro atoms. The molecular formula is C15H16N2O2. The van der Waals surface area contributed by atoms with Gasteiger partial charge in [-0.1, -0.05) is 6.07 Å². The molecular weight excluding hydrogens is 240 g/mol. The second-order valence-corrected chi connectivity index (χ2v) is 4.62. The first-order valence-corrected chi connectivity index (χ1v) is 6.39. The number of fused-ring (bicyclic) bond motifs is 1. The van der Waals surface area contributed by atoms with E-state index in [0.717, 1.165) is 35.5 Å². The summed E-state index contributed by atoms with van der Waals surface area (Å²) >= 11 is 0. The standard InChI is InChI=1S/C15H16N2O2/c1-17-13-10-11(4-2-8-18)6-7-12(13)16-15(17)14-5-3-9-19-14/h3,5-7,9-10,18H,2,4,8H2,1H3. The average Bonchev–Trinajstić information content (AvgIpc) is 3.05. The number of rotatable bonds is 4. The number of aryl methyl sites for hydroxylation is 2. The van der Waals surface area contributed by atoms with Crippen molar-refractivity contribution in [2.45, 2.75) is 12.8 Å². The highest BCUT2D eigenvalue weighted by molar-refractivity contribution is 5.80. The van der Waals surface area contributed by atoms with Crippen molar-refractivity contribution in [3.63, 3.8) is 0 Å². The summed E-state index contributed by atoms with van der Waals surface area (Å²) in [4.78, 5) is 4.60. The summed E-state index contributed by atoms with van der Waals surface area (Å²) in [5.74, 6) is 1.61. The number of hydrogen-bond donors (Lipinski definition) is 1. The molecule has 0 amide bonds. The zero-order chi connectivity index (χ0) is 13.2. The molecule has 0 aliphatic rings. The third kappa shape index (κ3) is 2.15. The Labute approximate surface area is 111 Å². The van der Waals surface area contributed by atoms with Crippen LogP contribution in [0.3, 0.4) is 0 Å². The smallest absolute Gasteiger partial charge is 0.176 e. The third-order valence-electron chi connectivity index (χ3n) is 3.31. The minimum absolute atomic E-state index is 0.223. The lowest BCUT2D eigenvalue weighted by Gasteiger charge is -2.02. The number of aliphatic hydroxyl groups is 1. The monoisotopic (exact) mass is 256 g/mol. The molecule has 0 aliphatic heterocycles. The highest BCUT2D eigenvalue weighted by Crippen LogP contribution is 2.24. The SMILES string of the molecule is Cn1c(-c2ccco2)nc2ccc(CCCO)cc21. The van der Waals surface area contributed by atoms with Gasteiger partial charge in [0, 0.05) is 13.7 Å². The van der Waals surface area contributed by atoms with Gasteiger partial charge in [0.05, 0.1) is 17.3 Å². The fourth-order valence-electron chi connectivity index (χ4n) is 2.30. The van der Waals surface area contributed by atoms with Crippen LogP contribution in [0.1, 0.15) is 12.0 Å². The Hall–Kier alpha value is -2.07. The van der Waals surface area contributed by atoms with E-state index in [2.05, 4.69) is 17.1 Å². The predicted octanol–water partition coefficient (Wildman–Crippen LogP) is 2.76. The summed E-state index contributed by atoms with van der Waals surface area (Å²) in [6, 6.07) is 9.99. The highest BCUT2D eigenvalue weighted by atomic mass is 16.3. The van der Waals surface area contributed by atoms with Crippen molar-refractivity contribution in [2.24, 2.45) is 7.05 Å². The zero-order valence-electron chi connectivity index (χ0n) is 10.8. The Kier molecular flexibility index (Phi) is 3.09. The number of furan rings is 1. The molecule has 1 N–H and O–H groups in total. The number of imidazole rings is 1. The maximum atomic E-state index is 8.89. The quantitative estimate of drug-likeness (QED) is 0.781. The van der Waals surface area contributed by atoms with Crippen molar-refractivity contribution >= 4 is 11.0 Å². The predicted molar refractivity (Wildman–Crippen MR) is 73.8 cm³/mol. The number of benzene rings is 1. The molecule has 0 radical (unpaired) electrons. The lowest BCUT2D eigenvalue weighted by molar-refractivity contribution is 0.288. The van der Waals surface area contributed by atoms with E-state index < -0.39 is 0 Å². The van der Waals surface area contributed by atoms with Gasteiger partial charge in [0.25, 0.3) is 0 Å². The van der Waals surface area contributed by atoms with Crippen LogP contribution >= 0.6 is 0 Å². The number of nitrogens with zero attached hydrogens (tertiary/aromatic N) is 2. The van der Waals surface area contributed by atoms with E-state index in [1.165, 1.54) is 5.56 Å². The maximum Gasteiger partial charge on any atom is 0.176 e. The molecule has 0 atom stereocenters. The van der Waals surface area contributed by atoms with Gasteiger partial charge in [-0.2, -0.15) is 0 Å². The molecule has 4 nitrogen and oxygen atoms in total. The van der Waals surface area contributed by atoms with Gasteiger partial charge in [0.1, 0.15) is 0 Å². The van der Waals surface area contributed by atoms with Gasteiger partial charge in [-0.15, -0.1) is 0 Å². The molecule has 0 fully saturated rings. The van der Waals surface area contributed by atoms with E-state index in [4.69, 9.17) is 9.52 Å². The van der Waals surface area contributed by atoms with E-state index >= 15 is 0 Å². The van der Waals surface area contributed by atoms with Crippen LogP contribution in [0.2, 0.25) is 0 Å². The summed E-state index contributed by atoms with van der Waals surface area (Å²) in [7, 11) is 1.99. The normalized spacial score (nSPS) is 11.3. The molecule has 0 aliphatic carbocycles. The zero-order valence-corrected chi connectivity index (χ0v) is 10.8. The maximum absolute atomic E-state index is 8.89. The summed E-state index contributed by atoms with van der Waals surface area (Å²) in [6.07, 6.45) is 3.32. The summed E-state index contributed by atoms with van der Waals surface area (Å²) < 4.78 is 7.45. The Balaban J connectivity index is 2.06. The summed E-state index contributed by atoms with van der Waals surface area (Å²) in [5, 5.41) is 8.89. The van der Waals surface area contributed by atoms with Crippen molar-refractivity contribution in [2.75, 3.05) is 6.61 Å². The Morgan fingerprint density at radius 1 is 1.32 bits per heavy atom. The second-order valence-electron chi connectivity index (χ2n) is 4.62. The van der Waals surface area contributed by atoms with Crippen molar-refractivity contribution in [1.29, 1.82) is 0 Å². The molecule has 0 saturated carbocycles. The van der Waals surface area contributed by atoms with Crippen LogP contribution in [0, 0.1) is 0 Å². The van der Waals surface area contributed by atoms with E-state index in [0.29, 0.717) is 0 Å². The molecule has 1 aromatic carbocycles. The molecule has 3 rings (SSSR count). The van der Waals surface area contributed by atoms with E-state index in [1.54, 1.807) is 6.26 Å². The number of aliphatic hydroxyl groups excluding tert-OH is 1. The third-order valence-corrected chi connectivity index (χ3v) is 3.31. The van der Waals surface area contributed by atoms with Crippen LogP contribution in [0.15, 0.2) is 41.0 Å². The first kappa shape index (κ1) is 12.0. The topological polar surface area (TPSA) is 51.2 Å². The minimum atomic E-state index is 0.223. The van der Waals surface area contributed by atoms with Gasteiger partial charge in [-0.3, -0.25) is 0 Å². The van der Waals surface area contributed by atoms with Crippen molar-refractivity contribution in [3.8, 4) is 11.6 Å². The van der Waals surface area contributed by atoms with Gasteiger partial charge in [0.2, 0.25) is 0 Å². The van der Waals surface area contributed by atoms with Crippen LogP contribution in [-0.4, -0.2) is 21.3 Å². The molecule has 2 aromatic heterocycles. The van der Waals surface area contributed by atoms with Crippen molar-refractivity contribution in [3.05, 3.63) is 42.2 Å². The van der Waals surface area contributed by atoms with Crippen LogP contribution in [-0.2, 0) is 13.5 Å². The van der Waals surface area contributed by atoms with Gasteiger partial charge in [-0.25, -0.2) is 4.98 Å². The highest BCUT2D eigenvalue weighted by Gasteiger charge is 2.12. The van der Waals surface area contributed by atoms with Crippen LogP contribution in [0.25, 0.3) is 22.6 Å². The van der Waals surface area contributed by atoms with Gasteiger partial charge in [0.15, 0.2) is 11.6 Å². The Morgan fingerprint density at radius 2 is 2.21 bits per heavy atom. The van der Waals surface area contributed by atoms with Crippen LogP contribution in [0.5, 0.6) is 0 Å². The Morgan fingerprint density at radius 3 is 2.95 bits per heavy atom. The largest absolute Gasteiger partial charge is 0.461 e. The Bertz CT molecular complexity index is 684. The fraction of sp³-hybridized carbons (Fsp3) is 0.267. The van der Waals surface area contributed by atoms with Crippen molar-refractivity contribution in [1.82, 2.24) is 9.55 Å². The van der Waals surface area contributed by atoms with Gasteiger partial charge in [-0.05, 0) is 42.7 Å². The average molecular weight is 256 g/mol. The van der Waals surface area contributed by atoms with E-state index in [9.17, 15) is 0 Å². The summed E-state index contributed by atoms with van der Waals surface area (Å²) in [6.45, 7) is 0.223. The molecule has 19 heavy (non-hydrogen) atoms. The first-order chi connectivity index (χ1) is 9.29. The number of hydrogen-bond acceptors (Lipinski definition) is 3. The molecule has 0 bridgehead atoms. The minimum Gasteiger partial charge on any atom is -0.461 e. The summed E-state index contributed by atoms with van der Waals surface area (Å²) in [5.41, 5.74) is 3.26. The lowest BCUT2D eigenvalue weighted by atomic mass is 10.1.